The summed E-state index contributed by atoms with van der Waals surface area (Å²) >= 11 is 0. The van der Waals surface area contributed by atoms with Gasteiger partial charge in [-0.1, -0.05) is 13.8 Å². The van der Waals surface area contributed by atoms with Crippen LogP contribution in [0, 0.1) is 11.3 Å². The van der Waals surface area contributed by atoms with Crippen molar-refractivity contribution in [3.05, 3.63) is 40.1 Å². The molecule has 1 fully saturated rings. The van der Waals surface area contributed by atoms with E-state index in [4.69, 9.17) is 0 Å². The summed E-state index contributed by atoms with van der Waals surface area (Å²) in [6, 6.07) is 2.07. The normalized spacial score (nSPS) is 15.8. The average Bonchev–Trinajstić information content (AvgIpc) is 3.01. The van der Waals surface area contributed by atoms with Gasteiger partial charge in [0.05, 0.1) is 23.6 Å². The highest BCUT2D eigenvalue weighted by Gasteiger charge is 2.40. The first kappa shape index (κ1) is 14.7. The van der Waals surface area contributed by atoms with Crippen LogP contribution >= 0.6 is 0 Å². The molecule has 0 aromatic carbocycles. The molecule has 0 aliphatic heterocycles. The number of fused-ring (bicyclic) bond motifs is 1. The second kappa shape index (κ2) is 4.81. The standard InChI is InChI=1S/C17H18N6O/c1-10(2)13-14(12-8-19-22(9-12)17(3)4-5-17)21-15-11(6-18)7-20-23(15)16(13)24/h7-10,21H,4-5H2,1-3H3. The fraction of sp³-hybridized carbons (Fsp3) is 0.412. The van der Waals surface area contributed by atoms with Gasteiger partial charge in [-0.3, -0.25) is 9.48 Å². The Morgan fingerprint density at radius 2 is 2.08 bits per heavy atom. The van der Waals surface area contributed by atoms with Crippen molar-refractivity contribution in [2.24, 2.45) is 0 Å². The first-order chi connectivity index (χ1) is 11.4. The van der Waals surface area contributed by atoms with Gasteiger partial charge in [-0.25, -0.2) is 0 Å². The molecule has 1 saturated carbocycles. The van der Waals surface area contributed by atoms with Crippen LogP contribution in [0.1, 0.15) is 50.7 Å². The van der Waals surface area contributed by atoms with Gasteiger partial charge in [-0.05, 0) is 25.7 Å². The Balaban J connectivity index is 1.99. The molecule has 0 radical (unpaired) electrons. The Bertz CT molecular complexity index is 1040. The van der Waals surface area contributed by atoms with E-state index in [1.807, 2.05) is 24.7 Å². The summed E-state index contributed by atoms with van der Waals surface area (Å²) in [4.78, 5) is 16.1. The van der Waals surface area contributed by atoms with Gasteiger partial charge in [0, 0.05) is 17.3 Å². The van der Waals surface area contributed by atoms with E-state index in [1.54, 1.807) is 6.20 Å². The molecule has 1 N–H and O–H groups in total. The van der Waals surface area contributed by atoms with Crippen LogP contribution in [0.15, 0.2) is 23.4 Å². The molecule has 0 saturated heterocycles. The fourth-order valence-electron chi connectivity index (χ4n) is 3.03. The summed E-state index contributed by atoms with van der Waals surface area (Å²) in [7, 11) is 0. The lowest BCUT2D eigenvalue weighted by atomic mass is 10.00. The molecule has 4 rings (SSSR count). The summed E-state index contributed by atoms with van der Waals surface area (Å²) < 4.78 is 3.24. The molecule has 1 aliphatic carbocycles. The highest BCUT2D eigenvalue weighted by molar-refractivity contribution is 5.67. The van der Waals surface area contributed by atoms with Crippen molar-refractivity contribution in [2.45, 2.75) is 45.1 Å². The third-order valence-corrected chi connectivity index (χ3v) is 4.80. The van der Waals surface area contributed by atoms with Crippen molar-refractivity contribution >= 4 is 5.65 Å². The molecule has 0 unspecified atom stereocenters. The maximum Gasteiger partial charge on any atom is 0.278 e. The number of rotatable bonds is 3. The molecule has 7 nitrogen and oxygen atoms in total. The minimum absolute atomic E-state index is 0.0164. The van der Waals surface area contributed by atoms with Gasteiger partial charge in [0.15, 0.2) is 5.65 Å². The zero-order valence-electron chi connectivity index (χ0n) is 13.9. The monoisotopic (exact) mass is 322 g/mol. The number of aromatic amines is 1. The quantitative estimate of drug-likeness (QED) is 0.801. The lowest BCUT2D eigenvalue weighted by molar-refractivity contribution is 0.473. The van der Waals surface area contributed by atoms with Crippen molar-refractivity contribution in [3.63, 3.8) is 0 Å². The van der Waals surface area contributed by atoms with Crippen LogP contribution in [0.4, 0.5) is 0 Å². The summed E-state index contributed by atoms with van der Waals surface area (Å²) in [6.07, 6.45) is 7.39. The molecular formula is C17H18N6O. The van der Waals surface area contributed by atoms with Crippen LogP contribution in [0.5, 0.6) is 0 Å². The highest BCUT2D eigenvalue weighted by atomic mass is 16.1. The van der Waals surface area contributed by atoms with Crippen LogP contribution < -0.4 is 5.56 Å². The molecule has 24 heavy (non-hydrogen) atoms. The Kier molecular flexibility index (Phi) is 2.94. The molecule has 3 aromatic rings. The van der Waals surface area contributed by atoms with E-state index in [2.05, 4.69) is 28.2 Å². The topological polar surface area (TPSA) is 91.8 Å². The first-order valence-corrected chi connectivity index (χ1v) is 8.04. The number of aromatic nitrogens is 5. The Morgan fingerprint density at radius 1 is 1.33 bits per heavy atom. The predicted octanol–water partition coefficient (Wildman–Crippen LogP) is 2.39. The van der Waals surface area contributed by atoms with Gasteiger partial charge in [0.25, 0.3) is 5.56 Å². The van der Waals surface area contributed by atoms with Crippen LogP contribution in [-0.2, 0) is 5.54 Å². The average molecular weight is 322 g/mol. The van der Waals surface area contributed by atoms with Crippen molar-refractivity contribution in [2.75, 3.05) is 0 Å². The van der Waals surface area contributed by atoms with Gasteiger partial charge >= 0.3 is 0 Å². The minimum atomic E-state index is -0.194. The van der Waals surface area contributed by atoms with Gasteiger partial charge < -0.3 is 4.98 Å². The number of H-pyrrole nitrogens is 1. The van der Waals surface area contributed by atoms with Crippen LogP contribution in [0.2, 0.25) is 0 Å². The molecule has 1 aliphatic rings. The Hall–Kier alpha value is -2.88. The molecule has 0 amide bonds. The minimum Gasteiger partial charge on any atom is -0.338 e. The molecule has 0 bridgehead atoms. The van der Waals surface area contributed by atoms with E-state index in [1.165, 1.54) is 10.7 Å². The molecule has 7 heteroatoms. The maximum absolute atomic E-state index is 12.9. The third-order valence-electron chi connectivity index (χ3n) is 4.80. The zero-order chi connectivity index (χ0) is 17.1. The predicted molar refractivity (Wildman–Crippen MR) is 88.7 cm³/mol. The second-order valence-corrected chi connectivity index (χ2v) is 6.97. The number of nitriles is 1. The van der Waals surface area contributed by atoms with Gasteiger partial charge in [0.2, 0.25) is 0 Å². The molecular weight excluding hydrogens is 304 g/mol. The van der Waals surface area contributed by atoms with E-state index < -0.39 is 0 Å². The second-order valence-electron chi connectivity index (χ2n) is 6.97. The number of nitrogens with one attached hydrogen (secondary N) is 1. The molecule has 122 valence electrons. The summed E-state index contributed by atoms with van der Waals surface area (Å²) in [5.74, 6) is 0.0164. The van der Waals surface area contributed by atoms with E-state index >= 15 is 0 Å². The van der Waals surface area contributed by atoms with Crippen molar-refractivity contribution in [1.82, 2.24) is 24.4 Å². The summed E-state index contributed by atoms with van der Waals surface area (Å²) in [5.41, 5.74) is 2.90. The largest absolute Gasteiger partial charge is 0.338 e. The number of hydrogen-bond acceptors (Lipinski definition) is 4. The third kappa shape index (κ3) is 1.99. The van der Waals surface area contributed by atoms with E-state index in [-0.39, 0.29) is 17.0 Å². The van der Waals surface area contributed by atoms with E-state index in [0.29, 0.717) is 16.8 Å². The SMILES string of the molecule is CC(C)c1c(-c2cnn(C3(C)CC3)c2)[nH]c2c(C#N)cnn2c1=O. The Morgan fingerprint density at radius 3 is 2.71 bits per heavy atom. The molecule has 0 spiro atoms. The van der Waals surface area contributed by atoms with Crippen LogP contribution in [-0.4, -0.2) is 24.4 Å². The lowest BCUT2D eigenvalue weighted by Gasteiger charge is -2.12. The van der Waals surface area contributed by atoms with Crippen LogP contribution in [0.25, 0.3) is 16.9 Å². The van der Waals surface area contributed by atoms with Crippen molar-refractivity contribution in [3.8, 4) is 17.3 Å². The fourth-order valence-corrected chi connectivity index (χ4v) is 3.03. The number of nitrogens with zero attached hydrogens (tertiary/aromatic N) is 5. The van der Waals surface area contributed by atoms with E-state index in [0.717, 1.165) is 24.1 Å². The maximum atomic E-state index is 12.9. The smallest absolute Gasteiger partial charge is 0.278 e. The zero-order valence-corrected chi connectivity index (χ0v) is 13.9. The van der Waals surface area contributed by atoms with Crippen molar-refractivity contribution in [1.29, 1.82) is 5.26 Å². The van der Waals surface area contributed by atoms with Crippen LogP contribution in [0.3, 0.4) is 0 Å². The summed E-state index contributed by atoms with van der Waals surface area (Å²) in [6.45, 7) is 6.12. The van der Waals surface area contributed by atoms with E-state index in [9.17, 15) is 10.1 Å². The molecule has 3 heterocycles. The van der Waals surface area contributed by atoms with Gasteiger partial charge in [-0.15, -0.1) is 0 Å². The lowest BCUT2D eigenvalue weighted by Crippen LogP contribution is -2.22. The highest BCUT2D eigenvalue weighted by Crippen LogP contribution is 2.42. The first-order valence-electron chi connectivity index (χ1n) is 8.04. The number of hydrogen-bond donors (Lipinski definition) is 1. The summed E-state index contributed by atoms with van der Waals surface area (Å²) in [5, 5.41) is 17.8. The van der Waals surface area contributed by atoms with Gasteiger partial charge in [-0.2, -0.15) is 20.0 Å². The molecule has 0 atom stereocenters. The van der Waals surface area contributed by atoms with Gasteiger partial charge in [0.1, 0.15) is 11.6 Å². The molecule has 3 aromatic heterocycles. The Labute approximate surface area is 138 Å². The van der Waals surface area contributed by atoms with Crippen molar-refractivity contribution < 1.29 is 0 Å².